The van der Waals surface area contributed by atoms with Gasteiger partial charge >= 0.3 is 0 Å². The van der Waals surface area contributed by atoms with E-state index < -0.39 is 20.0 Å². The van der Waals surface area contributed by atoms with Gasteiger partial charge < -0.3 is 28.8 Å². The van der Waals surface area contributed by atoms with E-state index in [2.05, 4.69) is 67.8 Å². The number of hydrogen-bond acceptors (Lipinski definition) is 6. The van der Waals surface area contributed by atoms with Gasteiger partial charge in [-0.25, -0.2) is 0 Å². The molecule has 0 saturated carbocycles. The van der Waals surface area contributed by atoms with Crippen molar-refractivity contribution in [2.45, 2.75) is 289 Å². The van der Waals surface area contributed by atoms with Gasteiger partial charge in [-0.15, -0.1) is 0 Å². The number of allylic oxidation sites excluding steroid dienone is 8. The minimum Gasteiger partial charge on any atom is -0.756 e. The minimum absolute atomic E-state index is 0.0121. The maximum atomic E-state index is 13.0. The molecular formula is C60H115N2O6P. The third-order valence-electron chi connectivity index (χ3n) is 13.3. The Bertz CT molecular complexity index is 1260. The molecule has 0 rings (SSSR count). The molecule has 0 aromatic rings. The molecule has 69 heavy (non-hydrogen) atoms. The lowest BCUT2D eigenvalue weighted by Gasteiger charge is -2.30. The van der Waals surface area contributed by atoms with Gasteiger partial charge in [0.1, 0.15) is 13.2 Å². The molecule has 0 saturated heterocycles. The zero-order valence-electron chi connectivity index (χ0n) is 46.3. The van der Waals surface area contributed by atoms with E-state index in [1.807, 2.05) is 21.1 Å². The summed E-state index contributed by atoms with van der Waals surface area (Å²) in [4.78, 5) is 25.6. The molecule has 8 nitrogen and oxygen atoms in total. The SMILES string of the molecule is CC/C=C\C/C=C\C/C=C\C/C=C\CCCCCCCCCCCCCCCCC(=O)NC(COP(=O)([O-])OCC[N+](C)(C)C)C(O)CCCCCCCCCCCCCCCCCCCCCC. The van der Waals surface area contributed by atoms with E-state index >= 15 is 0 Å². The van der Waals surface area contributed by atoms with E-state index in [0.717, 1.165) is 64.2 Å². The van der Waals surface area contributed by atoms with Crippen molar-refractivity contribution in [1.29, 1.82) is 0 Å². The Kier molecular flexibility index (Phi) is 50.2. The molecule has 0 heterocycles. The maximum absolute atomic E-state index is 13.0. The van der Waals surface area contributed by atoms with Gasteiger partial charge in [0.25, 0.3) is 7.82 Å². The smallest absolute Gasteiger partial charge is 0.268 e. The first kappa shape index (κ1) is 67.5. The van der Waals surface area contributed by atoms with E-state index in [1.54, 1.807) is 0 Å². The average molecular weight is 992 g/mol. The number of likely N-dealkylation sites (N-methyl/N-ethyl adjacent to an activating group) is 1. The Labute approximate surface area is 429 Å². The second kappa shape index (κ2) is 51.4. The number of aliphatic hydroxyl groups excluding tert-OH is 1. The number of nitrogens with zero attached hydrogens (tertiary/aromatic N) is 1. The van der Waals surface area contributed by atoms with Crippen LogP contribution in [0.1, 0.15) is 277 Å². The van der Waals surface area contributed by atoms with Crippen molar-refractivity contribution in [1.82, 2.24) is 5.32 Å². The van der Waals surface area contributed by atoms with E-state index in [4.69, 9.17) is 9.05 Å². The Morgan fingerprint density at radius 2 is 0.884 bits per heavy atom. The number of nitrogens with one attached hydrogen (secondary N) is 1. The first-order valence-corrected chi connectivity index (χ1v) is 30.9. The van der Waals surface area contributed by atoms with Crippen LogP contribution in [0.15, 0.2) is 48.6 Å². The van der Waals surface area contributed by atoms with Gasteiger partial charge in [-0.1, -0.05) is 268 Å². The monoisotopic (exact) mass is 991 g/mol. The van der Waals surface area contributed by atoms with Gasteiger partial charge in [-0.3, -0.25) is 9.36 Å². The summed E-state index contributed by atoms with van der Waals surface area (Å²) < 4.78 is 23.4. The van der Waals surface area contributed by atoms with E-state index in [-0.39, 0.29) is 19.1 Å². The number of phosphoric acid groups is 1. The second-order valence-corrected chi connectivity index (χ2v) is 22.7. The van der Waals surface area contributed by atoms with E-state index in [1.165, 1.54) is 186 Å². The molecule has 9 heteroatoms. The van der Waals surface area contributed by atoms with Crippen molar-refractivity contribution < 1.29 is 32.9 Å². The molecule has 3 unspecified atom stereocenters. The van der Waals surface area contributed by atoms with Crippen molar-refractivity contribution in [3.63, 3.8) is 0 Å². The van der Waals surface area contributed by atoms with Gasteiger partial charge in [0.15, 0.2) is 0 Å². The molecule has 0 spiro atoms. The summed E-state index contributed by atoms with van der Waals surface area (Å²) in [6, 6.07) is -0.802. The number of quaternary nitrogens is 1. The fourth-order valence-corrected chi connectivity index (χ4v) is 9.46. The minimum atomic E-state index is -4.57. The number of aliphatic hydroxyl groups is 1. The van der Waals surface area contributed by atoms with Crippen LogP contribution in [0, 0.1) is 0 Å². The van der Waals surface area contributed by atoms with Crippen LogP contribution < -0.4 is 10.2 Å². The Balaban J connectivity index is 4.13. The molecule has 2 N–H and O–H groups in total. The fraction of sp³-hybridized carbons (Fsp3) is 0.850. The lowest BCUT2D eigenvalue weighted by molar-refractivity contribution is -0.870. The summed E-state index contributed by atoms with van der Waals surface area (Å²) in [6.45, 7) is 4.64. The highest BCUT2D eigenvalue weighted by molar-refractivity contribution is 7.45. The summed E-state index contributed by atoms with van der Waals surface area (Å²) in [6.07, 6.45) is 67.1. The van der Waals surface area contributed by atoms with Gasteiger partial charge in [0.05, 0.1) is 39.9 Å². The van der Waals surface area contributed by atoms with E-state index in [9.17, 15) is 19.4 Å². The number of hydrogen-bond donors (Lipinski definition) is 2. The topological polar surface area (TPSA) is 108 Å². The van der Waals surface area contributed by atoms with Crippen LogP contribution in [0.2, 0.25) is 0 Å². The van der Waals surface area contributed by atoms with Gasteiger partial charge in [0, 0.05) is 6.42 Å². The van der Waals surface area contributed by atoms with Crippen molar-refractivity contribution in [3.8, 4) is 0 Å². The molecule has 0 radical (unpaired) electrons. The van der Waals surface area contributed by atoms with Gasteiger partial charge in [-0.2, -0.15) is 0 Å². The summed E-state index contributed by atoms with van der Waals surface area (Å²) in [5.41, 5.74) is 0. The Morgan fingerprint density at radius 1 is 0.522 bits per heavy atom. The number of unbranched alkanes of at least 4 members (excludes halogenated alkanes) is 33. The first-order valence-electron chi connectivity index (χ1n) is 29.5. The van der Waals surface area contributed by atoms with Crippen LogP contribution in [0.4, 0.5) is 0 Å². The molecule has 0 fully saturated rings. The standard InChI is InChI=1S/C60H115N2O6P/c1-6-8-10-12-14-16-18-20-22-24-26-28-29-30-31-32-33-34-36-38-40-42-44-46-48-50-52-54-60(64)61-58(57-68-69(65,66)67-56-55-62(3,4)5)59(63)53-51-49-47-45-43-41-39-37-35-27-25-23-21-19-17-15-13-11-9-7-2/h8,10,14,16,20,22,26,28,58-59,63H,6-7,9,11-13,15,17-19,21,23-25,27,29-57H2,1-5H3,(H-,61,64,65,66)/b10-8-,16-14-,22-20-,28-26-. The Hall–Kier alpha value is -1.54. The van der Waals surface area contributed by atoms with Crippen LogP contribution in [0.25, 0.3) is 0 Å². The number of carbonyl (C=O) groups excluding carboxylic acids is 1. The molecule has 1 amide bonds. The number of amides is 1. The molecule has 0 aliphatic heterocycles. The molecule has 0 aromatic carbocycles. The summed E-state index contributed by atoms with van der Waals surface area (Å²) in [5, 5.41) is 14.0. The average Bonchev–Trinajstić information content (AvgIpc) is 3.31. The molecule has 0 aliphatic rings. The van der Waals surface area contributed by atoms with Crippen molar-refractivity contribution in [2.24, 2.45) is 0 Å². The van der Waals surface area contributed by atoms with Crippen LogP contribution >= 0.6 is 7.82 Å². The highest BCUT2D eigenvalue weighted by Gasteiger charge is 2.24. The lowest BCUT2D eigenvalue weighted by Crippen LogP contribution is -2.46. The highest BCUT2D eigenvalue weighted by Crippen LogP contribution is 2.38. The van der Waals surface area contributed by atoms with Crippen molar-refractivity contribution in [3.05, 3.63) is 48.6 Å². The quantitative estimate of drug-likeness (QED) is 0.0272. The van der Waals surface area contributed by atoms with Crippen LogP contribution in [0.3, 0.4) is 0 Å². The Morgan fingerprint density at radius 3 is 1.29 bits per heavy atom. The normalized spacial score (nSPS) is 14.2. The van der Waals surface area contributed by atoms with Crippen molar-refractivity contribution >= 4 is 13.7 Å². The highest BCUT2D eigenvalue weighted by atomic mass is 31.2. The number of rotatable bonds is 54. The van der Waals surface area contributed by atoms with Crippen LogP contribution in [-0.2, 0) is 18.4 Å². The molecule has 3 atom stereocenters. The summed E-state index contributed by atoms with van der Waals surface area (Å²) in [5.74, 6) is -0.163. The summed E-state index contributed by atoms with van der Waals surface area (Å²) >= 11 is 0. The second-order valence-electron chi connectivity index (χ2n) is 21.3. The fourth-order valence-electron chi connectivity index (χ4n) is 8.74. The molecular weight excluding hydrogens is 876 g/mol. The zero-order valence-corrected chi connectivity index (χ0v) is 47.2. The number of phosphoric ester groups is 1. The summed E-state index contributed by atoms with van der Waals surface area (Å²) in [7, 11) is 1.31. The largest absolute Gasteiger partial charge is 0.756 e. The first-order chi connectivity index (χ1) is 33.5. The molecule has 0 aromatic heterocycles. The molecule has 0 bridgehead atoms. The van der Waals surface area contributed by atoms with Gasteiger partial charge in [-0.05, 0) is 51.4 Å². The third-order valence-corrected chi connectivity index (χ3v) is 14.3. The lowest BCUT2D eigenvalue weighted by atomic mass is 10.0. The number of carbonyl (C=O) groups is 1. The zero-order chi connectivity index (χ0) is 50.6. The van der Waals surface area contributed by atoms with Crippen LogP contribution in [0.5, 0.6) is 0 Å². The third kappa shape index (κ3) is 54.1. The van der Waals surface area contributed by atoms with Gasteiger partial charge in [0.2, 0.25) is 5.91 Å². The predicted molar refractivity (Wildman–Crippen MR) is 298 cm³/mol. The maximum Gasteiger partial charge on any atom is 0.268 e. The van der Waals surface area contributed by atoms with Crippen molar-refractivity contribution in [2.75, 3.05) is 40.9 Å². The van der Waals surface area contributed by atoms with E-state index in [0.29, 0.717) is 23.9 Å². The van der Waals surface area contributed by atoms with Crippen LogP contribution in [-0.4, -0.2) is 68.5 Å². The predicted octanol–water partition coefficient (Wildman–Crippen LogP) is 17.3. The molecule has 406 valence electrons. The molecule has 0 aliphatic carbocycles.